The second kappa shape index (κ2) is 4.63. The number of methoxy groups -OCH3 is 1. The minimum absolute atomic E-state index is 0.542. The molecule has 0 bridgehead atoms. The van der Waals surface area contributed by atoms with E-state index in [1.807, 2.05) is 7.11 Å². The van der Waals surface area contributed by atoms with Crippen molar-refractivity contribution in [1.82, 2.24) is 10.2 Å². The summed E-state index contributed by atoms with van der Waals surface area (Å²) in [5.74, 6) is 1.89. The van der Waals surface area contributed by atoms with E-state index >= 15 is 0 Å². The maximum Gasteiger partial charge on any atom is 0.0572 e. The lowest BCUT2D eigenvalue weighted by atomic mass is 9.92. The molecule has 1 N–H and O–H groups in total. The van der Waals surface area contributed by atoms with Gasteiger partial charge in [-0.3, -0.25) is 4.90 Å². The average Bonchev–Trinajstić information content (AvgIpc) is 2.89. The van der Waals surface area contributed by atoms with E-state index < -0.39 is 0 Å². The van der Waals surface area contributed by atoms with Gasteiger partial charge in [-0.1, -0.05) is 0 Å². The molecule has 3 heteroatoms. The van der Waals surface area contributed by atoms with E-state index in [9.17, 15) is 0 Å². The van der Waals surface area contributed by atoms with E-state index in [2.05, 4.69) is 10.2 Å². The van der Waals surface area contributed by atoms with Crippen LogP contribution in [-0.4, -0.2) is 50.3 Å². The molecule has 0 aromatic rings. The lowest BCUT2D eigenvalue weighted by molar-refractivity contribution is 0.0422. The summed E-state index contributed by atoms with van der Waals surface area (Å²) in [4.78, 5) is 2.77. The standard InChI is InChI=1S/C13H24N2O/c1-16-13-4-2-12(3-5-13)15-8-10-6-14-7-11(10)9-15/h10-14H,2-9H2,1H3/t10-,11+,12?,13?. The van der Waals surface area contributed by atoms with Crippen LogP contribution < -0.4 is 5.32 Å². The van der Waals surface area contributed by atoms with Crippen molar-refractivity contribution in [2.24, 2.45) is 11.8 Å². The fraction of sp³-hybridized carbons (Fsp3) is 1.00. The van der Waals surface area contributed by atoms with Gasteiger partial charge in [0.1, 0.15) is 0 Å². The van der Waals surface area contributed by atoms with Gasteiger partial charge in [0.15, 0.2) is 0 Å². The molecule has 0 radical (unpaired) electrons. The van der Waals surface area contributed by atoms with Gasteiger partial charge in [-0.2, -0.15) is 0 Å². The van der Waals surface area contributed by atoms with Gasteiger partial charge in [0.25, 0.3) is 0 Å². The van der Waals surface area contributed by atoms with Crippen LogP contribution in [0.4, 0.5) is 0 Å². The number of ether oxygens (including phenoxy) is 1. The first-order chi connectivity index (χ1) is 7.86. The smallest absolute Gasteiger partial charge is 0.0572 e. The Hall–Kier alpha value is -0.120. The topological polar surface area (TPSA) is 24.5 Å². The highest BCUT2D eigenvalue weighted by Crippen LogP contribution is 2.32. The zero-order valence-electron chi connectivity index (χ0n) is 10.3. The Morgan fingerprint density at radius 3 is 2.19 bits per heavy atom. The van der Waals surface area contributed by atoms with Crippen molar-refractivity contribution >= 4 is 0 Å². The van der Waals surface area contributed by atoms with Gasteiger partial charge in [0.05, 0.1) is 6.10 Å². The average molecular weight is 224 g/mol. The van der Waals surface area contributed by atoms with E-state index in [1.165, 1.54) is 51.9 Å². The monoisotopic (exact) mass is 224 g/mol. The Bertz CT molecular complexity index is 226. The number of nitrogens with zero attached hydrogens (tertiary/aromatic N) is 1. The summed E-state index contributed by atoms with van der Waals surface area (Å²) in [5, 5.41) is 3.52. The Kier molecular flexibility index (Phi) is 3.18. The maximum absolute atomic E-state index is 5.45. The Morgan fingerprint density at radius 2 is 1.62 bits per heavy atom. The molecule has 3 fully saturated rings. The molecule has 2 saturated heterocycles. The van der Waals surface area contributed by atoms with Crippen molar-refractivity contribution < 1.29 is 4.74 Å². The first-order valence-electron chi connectivity index (χ1n) is 6.84. The van der Waals surface area contributed by atoms with Gasteiger partial charge in [0.2, 0.25) is 0 Å². The van der Waals surface area contributed by atoms with Gasteiger partial charge >= 0.3 is 0 Å². The number of fused-ring (bicyclic) bond motifs is 1. The van der Waals surface area contributed by atoms with E-state index in [-0.39, 0.29) is 0 Å². The van der Waals surface area contributed by atoms with Crippen LogP contribution in [0.15, 0.2) is 0 Å². The van der Waals surface area contributed by atoms with Gasteiger partial charge in [-0.05, 0) is 50.6 Å². The van der Waals surface area contributed by atoms with Crippen LogP contribution >= 0.6 is 0 Å². The van der Waals surface area contributed by atoms with Crippen LogP contribution in [0, 0.1) is 11.8 Å². The largest absolute Gasteiger partial charge is 0.381 e. The highest BCUT2D eigenvalue weighted by Gasteiger charge is 2.39. The highest BCUT2D eigenvalue weighted by molar-refractivity contribution is 4.94. The second-order valence-corrected chi connectivity index (χ2v) is 5.80. The van der Waals surface area contributed by atoms with E-state index in [0.29, 0.717) is 6.10 Å². The third-order valence-electron chi connectivity index (χ3n) is 4.91. The van der Waals surface area contributed by atoms with Crippen molar-refractivity contribution in [3.63, 3.8) is 0 Å². The molecule has 16 heavy (non-hydrogen) atoms. The third kappa shape index (κ3) is 2.01. The predicted molar refractivity (Wildman–Crippen MR) is 64.5 cm³/mol. The minimum atomic E-state index is 0.542. The first kappa shape index (κ1) is 11.0. The normalized spacial score (nSPS) is 44.8. The number of nitrogens with one attached hydrogen (secondary N) is 1. The molecule has 0 unspecified atom stereocenters. The molecule has 3 rings (SSSR count). The van der Waals surface area contributed by atoms with Crippen LogP contribution in [0.5, 0.6) is 0 Å². The Balaban J connectivity index is 1.52. The highest BCUT2D eigenvalue weighted by atomic mass is 16.5. The number of hydrogen-bond donors (Lipinski definition) is 1. The van der Waals surface area contributed by atoms with E-state index in [4.69, 9.17) is 4.74 Å². The lowest BCUT2D eigenvalue weighted by Gasteiger charge is -2.34. The molecular formula is C13H24N2O. The Labute approximate surface area is 98.5 Å². The summed E-state index contributed by atoms with van der Waals surface area (Å²) in [6.45, 7) is 5.21. The molecule has 2 aliphatic heterocycles. The van der Waals surface area contributed by atoms with Crippen LogP contribution in [0.1, 0.15) is 25.7 Å². The van der Waals surface area contributed by atoms with Gasteiger partial charge in [-0.25, -0.2) is 0 Å². The minimum Gasteiger partial charge on any atom is -0.381 e. The van der Waals surface area contributed by atoms with Crippen LogP contribution in [-0.2, 0) is 4.74 Å². The quantitative estimate of drug-likeness (QED) is 0.760. The summed E-state index contributed by atoms with van der Waals surface area (Å²) in [5.41, 5.74) is 0. The Morgan fingerprint density at radius 1 is 1.00 bits per heavy atom. The van der Waals surface area contributed by atoms with E-state index in [0.717, 1.165) is 17.9 Å². The van der Waals surface area contributed by atoms with Gasteiger partial charge in [-0.15, -0.1) is 0 Å². The van der Waals surface area contributed by atoms with Crippen molar-refractivity contribution in [1.29, 1.82) is 0 Å². The molecule has 3 nitrogen and oxygen atoms in total. The maximum atomic E-state index is 5.45. The third-order valence-corrected chi connectivity index (χ3v) is 4.91. The fourth-order valence-electron chi connectivity index (χ4n) is 3.84. The summed E-state index contributed by atoms with van der Waals surface area (Å²) < 4.78 is 5.45. The van der Waals surface area contributed by atoms with Crippen LogP contribution in [0.3, 0.4) is 0 Å². The molecule has 0 aromatic carbocycles. The number of rotatable bonds is 2. The van der Waals surface area contributed by atoms with Gasteiger partial charge < -0.3 is 10.1 Å². The SMILES string of the molecule is COC1CCC(N2C[C@H]3CNC[C@H]3C2)CC1. The molecule has 0 aromatic heterocycles. The summed E-state index contributed by atoms with van der Waals surface area (Å²) in [6, 6.07) is 0.858. The molecule has 92 valence electrons. The van der Waals surface area contributed by atoms with Gasteiger partial charge in [0, 0.05) is 26.2 Å². The number of hydrogen-bond acceptors (Lipinski definition) is 3. The predicted octanol–water partition coefficient (Wildman–Crippen LogP) is 1.10. The van der Waals surface area contributed by atoms with Crippen molar-refractivity contribution in [3.8, 4) is 0 Å². The molecule has 3 aliphatic rings. The molecule has 2 heterocycles. The van der Waals surface area contributed by atoms with Crippen LogP contribution in [0.25, 0.3) is 0 Å². The van der Waals surface area contributed by atoms with Crippen molar-refractivity contribution in [2.45, 2.75) is 37.8 Å². The summed E-state index contributed by atoms with van der Waals surface area (Å²) >= 11 is 0. The fourth-order valence-corrected chi connectivity index (χ4v) is 3.84. The molecule has 1 aliphatic carbocycles. The molecule has 0 spiro atoms. The molecule has 0 amide bonds. The lowest BCUT2D eigenvalue weighted by Crippen LogP contribution is -2.39. The zero-order valence-corrected chi connectivity index (χ0v) is 10.3. The first-order valence-corrected chi connectivity index (χ1v) is 6.84. The molecular weight excluding hydrogens is 200 g/mol. The number of likely N-dealkylation sites (tertiary alicyclic amines) is 1. The summed E-state index contributed by atoms with van der Waals surface area (Å²) in [7, 11) is 1.86. The van der Waals surface area contributed by atoms with Crippen molar-refractivity contribution in [2.75, 3.05) is 33.3 Å². The van der Waals surface area contributed by atoms with Crippen LogP contribution in [0.2, 0.25) is 0 Å². The van der Waals surface area contributed by atoms with Crippen molar-refractivity contribution in [3.05, 3.63) is 0 Å². The zero-order chi connectivity index (χ0) is 11.0. The second-order valence-electron chi connectivity index (χ2n) is 5.80. The molecule has 1 saturated carbocycles. The van der Waals surface area contributed by atoms with E-state index in [1.54, 1.807) is 0 Å². The molecule has 2 atom stereocenters. The summed E-state index contributed by atoms with van der Waals surface area (Å²) in [6.07, 6.45) is 5.78.